The van der Waals surface area contributed by atoms with Crippen molar-refractivity contribution in [1.82, 2.24) is 88.1 Å². The van der Waals surface area contributed by atoms with Crippen molar-refractivity contribution in [2.45, 2.75) is 131 Å². The minimum Gasteiger partial charge on any atom is -0.337 e. The number of rotatable bonds is 16. The normalized spacial score (nSPS) is 16.3. The van der Waals surface area contributed by atoms with Crippen LogP contribution in [0.15, 0.2) is 104 Å². The average molecular weight is 1320 g/mol. The molecule has 15 rings (SSSR count). The number of ketones is 3. The van der Waals surface area contributed by atoms with Crippen LogP contribution in [-0.2, 0) is 40.4 Å². The van der Waals surface area contributed by atoms with Crippen LogP contribution >= 0.6 is 11.3 Å². The maximum Gasteiger partial charge on any atom is 0.281 e. The fraction of sp³-hybridized carbons (Fsp3) is 0.377. The summed E-state index contributed by atoms with van der Waals surface area (Å²) in [6.45, 7) is 17.0. The Labute approximate surface area is 556 Å². The molecule has 24 nitrogen and oxygen atoms in total. The van der Waals surface area contributed by atoms with Crippen molar-refractivity contribution in [2.24, 2.45) is 21.1 Å². The summed E-state index contributed by atoms with van der Waals surface area (Å²) in [5, 5.41) is 27.0. The molecule has 0 aromatic carbocycles. The number of carbonyl (C=O) groups is 3. The van der Waals surface area contributed by atoms with Crippen molar-refractivity contribution in [3.8, 4) is 33.1 Å². The number of alkyl halides is 2. The van der Waals surface area contributed by atoms with E-state index in [1.165, 1.54) is 23.7 Å². The van der Waals surface area contributed by atoms with Gasteiger partial charge >= 0.3 is 0 Å². The van der Waals surface area contributed by atoms with Crippen LogP contribution in [-0.4, -0.2) is 143 Å². The quantitative estimate of drug-likeness (QED) is 0.0816. The molecule has 3 atom stereocenters. The minimum atomic E-state index is -2.66. The van der Waals surface area contributed by atoms with E-state index in [9.17, 15) is 23.2 Å². The van der Waals surface area contributed by atoms with Gasteiger partial charge < -0.3 is 14.7 Å². The average Bonchev–Trinajstić information content (AvgIpc) is 1.66. The van der Waals surface area contributed by atoms with Crippen LogP contribution in [0.1, 0.15) is 141 Å². The summed E-state index contributed by atoms with van der Waals surface area (Å²) in [5.41, 5.74) is 12.4. The highest BCUT2D eigenvalue weighted by Gasteiger charge is 2.30. The SMILES string of the molecule is Cc1cc(C)nc(-c2cnn(C)c2C(=O)Cc2ccn3nc(N4CCC[C@@H]4C)nc3c2)c1.Cc1cccc(-c2cnn(C)c2C(=O)Cc2ccn3nc(N4CCC[C@@H]4C)nc3c2)n1.Cc1sc(-c2cnn(C)c2C(=O)Cc2ccn3nc(N4CCC[C@@H]4C)nc3c2)nc1C(F)F. The van der Waals surface area contributed by atoms with Gasteiger partial charge in [0.25, 0.3) is 6.43 Å². The van der Waals surface area contributed by atoms with Crippen LogP contribution < -0.4 is 14.7 Å². The first kappa shape index (κ1) is 64.4. The third-order valence-corrected chi connectivity index (χ3v) is 19.1. The van der Waals surface area contributed by atoms with Crippen molar-refractivity contribution in [3.05, 3.63) is 165 Å². The van der Waals surface area contributed by atoms with E-state index in [0.717, 1.165) is 136 Å². The first-order valence-corrected chi connectivity index (χ1v) is 33.2. The van der Waals surface area contributed by atoms with Crippen LogP contribution in [0.4, 0.5) is 26.6 Å². The predicted molar refractivity (Wildman–Crippen MR) is 362 cm³/mol. The Morgan fingerprint density at radius 1 is 0.500 bits per heavy atom. The highest BCUT2D eigenvalue weighted by atomic mass is 32.1. The van der Waals surface area contributed by atoms with Gasteiger partial charge in [0.2, 0.25) is 17.8 Å². The lowest BCUT2D eigenvalue weighted by molar-refractivity contribution is 0.0976. The van der Waals surface area contributed by atoms with E-state index < -0.39 is 6.43 Å². The van der Waals surface area contributed by atoms with E-state index >= 15 is 0 Å². The number of pyridine rings is 5. The molecular formula is C69H75F2N21O3S. The Bertz CT molecular complexity index is 4880. The Hall–Kier alpha value is -10.3. The Kier molecular flexibility index (Phi) is 18.0. The minimum absolute atomic E-state index is 0.00165. The van der Waals surface area contributed by atoms with Gasteiger partial charge in [-0.15, -0.1) is 26.6 Å². The molecule has 0 spiro atoms. The largest absolute Gasteiger partial charge is 0.337 e. The van der Waals surface area contributed by atoms with Crippen molar-refractivity contribution >= 4 is 63.5 Å². The molecule has 0 N–H and O–H groups in total. The van der Waals surface area contributed by atoms with Crippen LogP contribution in [0.2, 0.25) is 0 Å². The van der Waals surface area contributed by atoms with E-state index in [0.29, 0.717) is 62.3 Å². The van der Waals surface area contributed by atoms with E-state index in [-0.39, 0.29) is 42.3 Å². The zero-order valence-electron chi connectivity index (χ0n) is 55.4. The maximum atomic E-state index is 13.3. The van der Waals surface area contributed by atoms with Gasteiger partial charge in [0.1, 0.15) is 27.8 Å². The monoisotopic (exact) mass is 1320 g/mol. The molecule has 0 saturated carbocycles. The molecular weight excluding hydrogens is 1240 g/mol. The molecule has 0 aliphatic carbocycles. The van der Waals surface area contributed by atoms with Gasteiger partial charge in [0.05, 0.1) is 35.5 Å². The van der Waals surface area contributed by atoms with Crippen LogP contribution in [0.5, 0.6) is 0 Å². The first-order chi connectivity index (χ1) is 46.2. The summed E-state index contributed by atoms with van der Waals surface area (Å²) in [4.78, 5) is 74.2. The van der Waals surface area contributed by atoms with E-state index in [2.05, 4.69) is 86.0 Å². The van der Waals surface area contributed by atoms with Crippen molar-refractivity contribution in [2.75, 3.05) is 34.3 Å². The molecule has 3 aliphatic heterocycles. The van der Waals surface area contributed by atoms with Gasteiger partial charge in [0.15, 0.2) is 34.3 Å². The molecule has 27 heteroatoms. The molecule has 0 bridgehead atoms. The van der Waals surface area contributed by atoms with E-state index in [1.54, 1.807) is 69.6 Å². The summed E-state index contributed by atoms with van der Waals surface area (Å²) in [5.74, 6) is 2.04. The standard InChI is InChI=1S/C24H27N7O.C23H25N7O.C22H23F2N7OS/c1-15-10-16(2)26-20(11-15)19-14-25-29(4)23(19)21(32)12-18-7-9-31-22(13-18)27-24(28-31)30-8-5-6-17(30)3;1-15-6-4-8-19(25-15)18-14-24-28(3)22(18)20(31)12-17-9-11-30-21(13-17)26-23(27-30)29-10-5-7-16(29)2;1-12-5-4-7-30(12)22-26-17-10-14(6-8-31(17)28-22)9-16(32)19-15(11-25-29(19)3)21-27-18(20(23)24)13(2)33-21/h7,9-11,13-14,17H,5-6,8,12H2,1-4H3;4,6,8-9,11,13-14,16H,5,7,10,12H2,1-3H3;6,8,10-12,20H,4-5,7,9H2,1-3H3/t17-;16-;12-/m000/s1. The zero-order valence-corrected chi connectivity index (χ0v) is 56.2. The number of anilines is 3. The molecule has 96 heavy (non-hydrogen) atoms. The molecule has 12 aromatic heterocycles. The first-order valence-electron chi connectivity index (χ1n) is 32.4. The Morgan fingerprint density at radius 3 is 1.29 bits per heavy atom. The van der Waals surface area contributed by atoms with Crippen molar-refractivity contribution in [1.29, 1.82) is 0 Å². The second kappa shape index (κ2) is 26.8. The molecule has 3 saturated heterocycles. The van der Waals surface area contributed by atoms with Crippen molar-refractivity contribution < 1.29 is 23.2 Å². The number of nitrogens with zero attached hydrogens (tertiary/aromatic N) is 21. The number of aromatic nitrogens is 18. The molecule has 3 fully saturated rings. The molecule has 0 unspecified atom stereocenters. The second-order valence-corrected chi connectivity index (χ2v) is 26.5. The number of halogens is 2. The number of carbonyl (C=O) groups excluding carboxylic acids is 3. The number of thiazole rings is 1. The summed E-state index contributed by atoms with van der Waals surface area (Å²) in [6.07, 6.45) is 15.4. The van der Waals surface area contributed by atoms with Crippen LogP contribution in [0.3, 0.4) is 0 Å². The molecule has 3 aliphatic rings. The third kappa shape index (κ3) is 13.3. The fourth-order valence-electron chi connectivity index (χ4n) is 13.2. The smallest absolute Gasteiger partial charge is 0.281 e. The van der Waals surface area contributed by atoms with Gasteiger partial charge in [-0.2, -0.15) is 30.2 Å². The molecule has 0 amide bonds. The number of hydrogen-bond acceptors (Lipinski definition) is 19. The summed E-state index contributed by atoms with van der Waals surface area (Å²) in [6, 6.07) is 22.6. The van der Waals surface area contributed by atoms with E-state index in [1.807, 2.05) is 99.9 Å². The predicted octanol–water partition coefficient (Wildman–Crippen LogP) is 11.0. The second-order valence-electron chi connectivity index (χ2n) is 25.3. The molecule has 494 valence electrons. The zero-order chi connectivity index (χ0) is 67.2. The third-order valence-electron chi connectivity index (χ3n) is 18.1. The number of hydrogen-bond donors (Lipinski definition) is 0. The van der Waals surface area contributed by atoms with Gasteiger partial charge in [0, 0.05) is 124 Å². The number of aryl methyl sites for hydroxylation is 7. The highest BCUT2D eigenvalue weighted by molar-refractivity contribution is 7.15. The van der Waals surface area contributed by atoms with Gasteiger partial charge in [-0.25, -0.2) is 27.3 Å². The lowest BCUT2D eigenvalue weighted by atomic mass is 10.0. The number of fused-ring (bicyclic) bond motifs is 3. The summed E-state index contributed by atoms with van der Waals surface area (Å²) >= 11 is 1.14. The maximum absolute atomic E-state index is 13.3. The lowest BCUT2D eigenvalue weighted by Gasteiger charge is -2.18. The van der Waals surface area contributed by atoms with Crippen molar-refractivity contribution in [3.63, 3.8) is 0 Å². The Balaban J connectivity index is 0.000000130. The highest BCUT2D eigenvalue weighted by Crippen LogP contribution is 2.35. The summed E-state index contributed by atoms with van der Waals surface area (Å²) in [7, 11) is 5.25. The molecule has 15 heterocycles. The fourth-order valence-corrected chi connectivity index (χ4v) is 14.1. The summed E-state index contributed by atoms with van der Waals surface area (Å²) < 4.78 is 36.4. The topological polar surface area (TPSA) is 244 Å². The van der Waals surface area contributed by atoms with Gasteiger partial charge in [-0.1, -0.05) is 6.07 Å². The lowest BCUT2D eigenvalue weighted by Crippen LogP contribution is -2.27. The molecule has 12 aromatic rings. The molecule has 0 radical (unpaired) electrons. The number of Topliss-reactive ketones (excluding diaryl/α,β-unsaturated/α-hetero) is 3. The van der Waals surface area contributed by atoms with Crippen LogP contribution in [0, 0.1) is 27.7 Å². The Morgan fingerprint density at radius 2 is 0.906 bits per heavy atom. The van der Waals surface area contributed by atoms with Gasteiger partial charge in [-0.3, -0.25) is 38.4 Å². The van der Waals surface area contributed by atoms with E-state index in [4.69, 9.17) is 9.97 Å². The van der Waals surface area contributed by atoms with Gasteiger partial charge in [-0.05, 0) is 170 Å². The van der Waals surface area contributed by atoms with Crippen LogP contribution in [0.25, 0.3) is 50.0 Å².